The average molecular weight is 462 g/mol. The number of hydrogen-bond acceptors (Lipinski definition) is 4. The molecule has 0 aromatic carbocycles. The van der Waals surface area contributed by atoms with Crippen molar-refractivity contribution in [1.29, 1.82) is 0 Å². The van der Waals surface area contributed by atoms with E-state index in [4.69, 9.17) is 0 Å². The number of nitrogens with zero attached hydrogens (tertiary/aromatic N) is 4. The molecule has 0 spiro atoms. The summed E-state index contributed by atoms with van der Waals surface area (Å²) in [5.41, 5.74) is 1.26. The van der Waals surface area contributed by atoms with Crippen LogP contribution in [0.15, 0.2) is 17.1 Å². The highest BCUT2D eigenvalue weighted by atomic mass is 127. The molecule has 0 aromatic rings. The summed E-state index contributed by atoms with van der Waals surface area (Å²) < 4.78 is 0. The molecular formula is C18H35IN6. The molecule has 144 valence electrons. The van der Waals surface area contributed by atoms with Gasteiger partial charge >= 0.3 is 0 Å². The first-order valence-corrected chi connectivity index (χ1v) is 9.44. The van der Waals surface area contributed by atoms with Gasteiger partial charge in [0.05, 0.1) is 0 Å². The second-order valence-corrected chi connectivity index (χ2v) is 7.60. The van der Waals surface area contributed by atoms with Gasteiger partial charge in [-0.2, -0.15) is 0 Å². The molecule has 0 amide bonds. The smallest absolute Gasteiger partial charge is 0.191 e. The zero-order valence-electron chi connectivity index (χ0n) is 15.8. The Kier molecular flexibility index (Phi) is 8.44. The molecule has 4 aliphatic heterocycles. The summed E-state index contributed by atoms with van der Waals surface area (Å²) in [6.45, 7) is 16.6. The highest BCUT2D eigenvalue weighted by molar-refractivity contribution is 14.0. The first-order valence-electron chi connectivity index (χ1n) is 9.44. The van der Waals surface area contributed by atoms with E-state index in [0.717, 1.165) is 32.1 Å². The molecule has 4 rings (SSSR count). The molecule has 0 aliphatic carbocycles. The number of aliphatic imine (C=N–C) groups is 1. The fourth-order valence-electron chi connectivity index (χ4n) is 4.14. The number of nitrogens with one attached hydrogen (secondary N) is 2. The Balaban J connectivity index is 0.00000225. The Morgan fingerprint density at radius 2 is 1.80 bits per heavy atom. The lowest BCUT2D eigenvalue weighted by molar-refractivity contribution is 0.0154. The third-order valence-electron chi connectivity index (χ3n) is 5.54. The molecule has 6 nitrogen and oxygen atoms in total. The molecule has 0 radical (unpaired) electrons. The van der Waals surface area contributed by atoms with Gasteiger partial charge in [0.15, 0.2) is 5.96 Å². The summed E-state index contributed by atoms with van der Waals surface area (Å²) >= 11 is 0. The minimum absolute atomic E-state index is 0. The largest absolute Gasteiger partial charge is 0.355 e. The van der Waals surface area contributed by atoms with Crippen molar-refractivity contribution in [1.82, 2.24) is 25.3 Å². The van der Waals surface area contributed by atoms with Crippen LogP contribution in [0.1, 0.15) is 19.8 Å². The number of rotatable bonds is 5. The molecule has 4 fully saturated rings. The third-order valence-corrected chi connectivity index (χ3v) is 5.54. The van der Waals surface area contributed by atoms with Gasteiger partial charge in [-0.25, -0.2) is 0 Å². The van der Waals surface area contributed by atoms with E-state index in [1.807, 2.05) is 7.05 Å². The summed E-state index contributed by atoms with van der Waals surface area (Å²) in [6, 6.07) is 1.16. The quantitative estimate of drug-likeness (QED) is 0.274. The third kappa shape index (κ3) is 6.08. The number of likely N-dealkylation sites (tertiary alicyclic amines) is 1. The van der Waals surface area contributed by atoms with Gasteiger partial charge in [-0.1, -0.05) is 12.2 Å². The van der Waals surface area contributed by atoms with Crippen LogP contribution < -0.4 is 10.6 Å². The maximum Gasteiger partial charge on any atom is 0.191 e. The lowest BCUT2D eigenvalue weighted by Crippen LogP contribution is -2.64. The van der Waals surface area contributed by atoms with E-state index < -0.39 is 0 Å². The lowest BCUT2D eigenvalue weighted by atomic mass is 10.0. The van der Waals surface area contributed by atoms with Crippen molar-refractivity contribution in [2.45, 2.75) is 31.8 Å². The second-order valence-electron chi connectivity index (χ2n) is 7.60. The predicted molar refractivity (Wildman–Crippen MR) is 116 cm³/mol. The molecule has 4 aliphatic rings. The zero-order valence-corrected chi connectivity index (χ0v) is 18.2. The molecule has 1 unspecified atom stereocenters. The van der Waals surface area contributed by atoms with Crippen molar-refractivity contribution in [3.63, 3.8) is 0 Å². The molecule has 2 N–H and O–H groups in total. The molecule has 7 heteroatoms. The van der Waals surface area contributed by atoms with Crippen molar-refractivity contribution in [2.24, 2.45) is 4.99 Å². The highest BCUT2D eigenvalue weighted by Gasteiger charge is 2.31. The maximum atomic E-state index is 4.43. The van der Waals surface area contributed by atoms with Gasteiger partial charge in [0.1, 0.15) is 0 Å². The summed E-state index contributed by atoms with van der Waals surface area (Å²) in [5.74, 6) is 0.964. The molecule has 2 bridgehead atoms. The number of piperidine rings is 1. The van der Waals surface area contributed by atoms with Gasteiger partial charge in [-0.15, -0.1) is 24.0 Å². The van der Waals surface area contributed by atoms with E-state index in [1.165, 1.54) is 51.1 Å². The minimum Gasteiger partial charge on any atom is -0.355 e. The SMILES string of the molecule is C=C(C)CN1CCC(NC(=NC)NCC2CN3CCN2CC3)CC1.I. The zero-order chi connectivity index (χ0) is 16.9. The van der Waals surface area contributed by atoms with E-state index in [-0.39, 0.29) is 24.0 Å². The van der Waals surface area contributed by atoms with Gasteiger partial charge in [0.25, 0.3) is 0 Å². The number of halogens is 1. The number of fused-ring (bicyclic) bond motifs is 3. The average Bonchev–Trinajstić information content (AvgIpc) is 2.60. The maximum absolute atomic E-state index is 4.43. The summed E-state index contributed by atoms with van der Waals surface area (Å²) in [4.78, 5) is 12.1. The topological polar surface area (TPSA) is 46.1 Å². The van der Waals surface area contributed by atoms with Crippen LogP contribution in [0.4, 0.5) is 0 Å². The molecule has 25 heavy (non-hydrogen) atoms. The molecule has 0 aromatic heterocycles. The Bertz CT molecular complexity index is 452. The number of guanidine groups is 1. The summed E-state index contributed by atoms with van der Waals surface area (Å²) in [5, 5.41) is 7.18. The van der Waals surface area contributed by atoms with Crippen LogP contribution in [0.3, 0.4) is 0 Å². The van der Waals surface area contributed by atoms with Crippen LogP contribution in [0, 0.1) is 0 Å². The van der Waals surface area contributed by atoms with E-state index in [2.05, 4.69) is 43.8 Å². The predicted octanol–water partition coefficient (Wildman–Crippen LogP) is 0.810. The van der Waals surface area contributed by atoms with Crippen molar-refractivity contribution in [3.05, 3.63) is 12.2 Å². The van der Waals surface area contributed by atoms with Gasteiger partial charge in [0.2, 0.25) is 0 Å². The normalized spacial score (nSPS) is 30.6. The van der Waals surface area contributed by atoms with Gasteiger partial charge in [-0.05, 0) is 19.8 Å². The lowest BCUT2D eigenvalue weighted by Gasteiger charge is -2.47. The van der Waals surface area contributed by atoms with E-state index in [1.54, 1.807) is 0 Å². The van der Waals surface area contributed by atoms with Gasteiger partial charge in [-0.3, -0.25) is 19.7 Å². The Labute approximate surface area is 170 Å². The van der Waals surface area contributed by atoms with Crippen molar-refractivity contribution in [3.8, 4) is 0 Å². The van der Waals surface area contributed by atoms with Gasteiger partial charge < -0.3 is 10.6 Å². The molecule has 0 saturated carbocycles. The Morgan fingerprint density at radius 1 is 1.12 bits per heavy atom. The van der Waals surface area contributed by atoms with Crippen LogP contribution >= 0.6 is 24.0 Å². The first kappa shape index (κ1) is 20.9. The van der Waals surface area contributed by atoms with E-state index >= 15 is 0 Å². The van der Waals surface area contributed by atoms with Crippen LogP contribution in [0.5, 0.6) is 0 Å². The molecular weight excluding hydrogens is 427 g/mol. The number of hydrogen-bond donors (Lipinski definition) is 2. The Morgan fingerprint density at radius 3 is 2.32 bits per heavy atom. The molecule has 4 heterocycles. The van der Waals surface area contributed by atoms with Crippen LogP contribution in [0.25, 0.3) is 0 Å². The summed E-state index contributed by atoms with van der Waals surface area (Å²) in [6.07, 6.45) is 2.36. The monoisotopic (exact) mass is 462 g/mol. The number of piperazine rings is 3. The van der Waals surface area contributed by atoms with Crippen molar-refractivity contribution in [2.75, 3.05) is 66.0 Å². The first-order chi connectivity index (χ1) is 11.6. The van der Waals surface area contributed by atoms with Gasteiger partial charge in [0, 0.05) is 78.0 Å². The fraction of sp³-hybridized carbons (Fsp3) is 0.833. The Hall–Kier alpha value is -0.380. The standard InChI is InChI=1S/C18H34N6.HI/c1-15(2)13-22-6-4-16(5-7-22)21-18(19-3)20-12-17-14-23-8-10-24(17)11-9-23;/h16-17H,1,4-14H2,2-3H3,(H2,19,20,21);1H. The van der Waals surface area contributed by atoms with Crippen LogP contribution in [-0.2, 0) is 0 Å². The minimum atomic E-state index is 0. The van der Waals surface area contributed by atoms with Crippen LogP contribution in [-0.4, -0.2) is 98.7 Å². The van der Waals surface area contributed by atoms with E-state index in [9.17, 15) is 0 Å². The fourth-order valence-corrected chi connectivity index (χ4v) is 4.14. The summed E-state index contributed by atoms with van der Waals surface area (Å²) in [7, 11) is 1.88. The van der Waals surface area contributed by atoms with Crippen LogP contribution in [0.2, 0.25) is 0 Å². The highest BCUT2D eigenvalue weighted by Crippen LogP contribution is 2.15. The van der Waals surface area contributed by atoms with Crippen molar-refractivity contribution >= 4 is 29.9 Å². The van der Waals surface area contributed by atoms with E-state index in [0.29, 0.717) is 12.1 Å². The molecule has 1 atom stereocenters. The second kappa shape index (κ2) is 10.1. The molecule has 4 saturated heterocycles. The van der Waals surface area contributed by atoms with Crippen molar-refractivity contribution < 1.29 is 0 Å².